The fraction of sp³-hybridized carbons (Fsp3) is 0.550. The van der Waals surface area contributed by atoms with Crippen molar-refractivity contribution >= 4 is 5.91 Å². The molecule has 1 fully saturated rings. The summed E-state index contributed by atoms with van der Waals surface area (Å²) in [6.07, 6.45) is -3.56. The van der Waals surface area contributed by atoms with Crippen LogP contribution < -0.4 is 4.74 Å². The fourth-order valence-corrected chi connectivity index (χ4v) is 3.70. The molecule has 1 amide bonds. The molecule has 0 unspecified atom stereocenters. The lowest BCUT2D eigenvalue weighted by Gasteiger charge is -2.37. The van der Waals surface area contributed by atoms with E-state index in [0.717, 1.165) is 6.07 Å². The van der Waals surface area contributed by atoms with Crippen LogP contribution in [0.2, 0.25) is 0 Å². The van der Waals surface area contributed by atoms with Crippen LogP contribution >= 0.6 is 0 Å². The number of carbonyl (C=O) groups is 1. The van der Waals surface area contributed by atoms with Gasteiger partial charge in [0.2, 0.25) is 0 Å². The highest BCUT2D eigenvalue weighted by Crippen LogP contribution is 2.31. The number of aromatic nitrogens is 3. The number of hydrogen-bond acceptors (Lipinski definition) is 5. The normalized spacial score (nSPS) is 20.3. The number of alkyl halides is 3. The lowest BCUT2D eigenvalue weighted by Crippen LogP contribution is -2.46. The second-order valence-electron chi connectivity index (χ2n) is 8.10. The first-order valence-electron chi connectivity index (χ1n) is 9.69. The van der Waals surface area contributed by atoms with Crippen molar-refractivity contribution < 1.29 is 27.8 Å². The molecule has 1 aromatic carbocycles. The number of nitrogens with zero attached hydrogens (tertiary/aromatic N) is 4. The summed E-state index contributed by atoms with van der Waals surface area (Å²) in [4.78, 5) is 16.1. The van der Waals surface area contributed by atoms with Gasteiger partial charge < -0.3 is 14.7 Å². The molecule has 0 bridgehead atoms. The summed E-state index contributed by atoms with van der Waals surface area (Å²) in [7, 11) is 0. The molecule has 1 saturated heterocycles. The van der Waals surface area contributed by atoms with Crippen LogP contribution in [0.4, 0.5) is 13.2 Å². The minimum atomic E-state index is -4.89. The highest BCUT2D eigenvalue weighted by molar-refractivity contribution is 5.97. The smallest absolute Gasteiger partial charge is 0.405 e. The number of hydrogen-bond donors (Lipinski definition) is 1. The SMILES string of the molecule is Cc1nn([C@@H]2CC[C@@H](C)N(C(=O)c3ccccc3OC(F)(F)F)C2)nc1C(C)(C)O. The average Bonchev–Trinajstić information content (AvgIpc) is 3.03. The van der Waals surface area contributed by atoms with E-state index in [2.05, 4.69) is 14.9 Å². The molecule has 1 aromatic heterocycles. The van der Waals surface area contributed by atoms with Crippen LogP contribution in [0.3, 0.4) is 0 Å². The molecule has 7 nitrogen and oxygen atoms in total. The first kappa shape index (κ1) is 22.1. The summed E-state index contributed by atoms with van der Waals surface area (Å²) in [6, 6.07) is 4.91. The molecule has 164 valence electrons. The monoisotopic (exact) mass is 426 g/mol. The van der Waals surface area contributed by atoms with Crippen molar-refractivity contribution in [2.45, 2.75) is 64.6 Å². The van der Waals surface area contributed by atoms with Crippen molar-refractivity contribution in [2.24, 2.45) is 0 Å². The molecule has 0 aliphatic carbocycles. The van der Waals surface area contributed by atoms with Gasteiger partial charge in [0.05, 0.1) is 17.3 Å². The van der Waals surface area contributed by atoms with E-state index in [9.17, 15) is 23.1 Å². The Bertz CT molecular complexity index is 921. The van der Waals surface area contributed by atoms with E-state index in [0.29, 0.717) is 24.2 Å². The van der Waals surface area contributed by atoms with Crippen LogP contribution in [0, 0.1) is 6.92 Å². The van der Waals surface area contributed by atoms with Crippen LogP contribution in [0.5, 0.6) is 5.75 Å². The second kappa shape index (κ2) is 7.90. The van der Waals surface area contributed by atoms with Gasteiger partial charge in [-0.1, -0.05) is 12.1 Å². The largest absolute Gasteiger partial charge is 0.573 e. The molecule has 1 aliphatic heterocycles. The van der Waals surface area contributed by atoms with Gasteiger partial charge in [0, 0.05) is 12.6 Å². The number of ether oxygens (including phenoxy) is 1. The van der Waals surface area contributed by atoms with Crippen molar-refractivity contribution in [3.05, 3.63) is 41.2 Å². The second-order valence-corrected chi connectivity index (χ2v) is 8.10. The summed E-state index contributed by atoms with van der Waals surface area (Å²) >= 11 is 0. The Hall–Kier alpha value is -2.62. The van der Waals surface area contributed by atoms with Crippen molar-refractivity contribution in [1.82, 2.24) is 19.9 Å². The minimum Gasteiger partial charge on any atom is -0.405 e. The third-order valence-electron chi connectivity index (χ3n) is 5.16. The maximum Gasteiger partial charge on any atom is 0.573 e. The lowest BCUT2D eigenvalue weighted by molar-refractivity contribution is -0.274. The summed E-state index contributed by atoms with van der Waals surface area (Å²) in [5.74, 6) is -1.07. The zero-order valence-electron chi connectivity index (χ0n) is 17.3. The number of aliphatic hydroxyl groups is 1. The summed E-state index contributed by atoms with van der Waals surface area (Å²) in [6.45, 7) is 7.07. The van der Waals surface area contributed by atoms with Crippen LogP contribution in [-0.2, 0) is 5.60 Å². The Morgan fingerprint density at radius 2 is 1.87 bits per heavy atom. The average molecular weight is 426 g/mol. The van der Waals surface area contributed by atoms with Crippen LogP contribution in [0.15, 0.2) is 24.3 Å². The van der Waals surface area contributed by atoms with E-state index >= 15 is 0 Å². The van der Waals surface area contributed by atoms with E-state index in [-0.39, 0.29) is 24.2 Å². The van der Waals surface area contributed by atoms with Crippen molar-refractivity contribution in [2.75, 3.05) is 6.54 Å². The van der Waals surface area contributed by atoms with E-state index in [1.165, 1.54) is 27.9 Å². The Kier molecular flexibility index (Phi) is 5.81. The Morgan fingerprint density at radius 1 is 1.20 bits per heavy atom. The third-order valence-corrected chi connectivity index (χ3v) is 5.16. The number of halogens is 3. The molecule has 10 heteroatoms. The van der Waals surface area contributed by atoms with Crippen LogP contribution in [0.25, 0.3) is 0 Å². The summed E-state index contributed by atoms with van der Waals surface area (Å²) in [5, 5.41) is 19.0. The Balaban J connectivity index is 1.86. The molecule has 2 heterocycles. The van der Waals surface area contributed by atoms with Crippen molar-refractivity contribution in [1.29, 1.82) is 0 Å². The molecular weight excluding hydrogens is 401 g/mol. The number of amides is 1. The lowest BCUT2D eigenvalue weighted by atomic mass is 9.98. The highest BCUT2D eigenvalue weighted by atomic mass is 19.4. The molecule has 3 rings (SSSR count). The number of benzene rings is 1. The predicted molar refractivity (Wildman–Crippen MR) is 102 cm³/mol. The molecule has 0 saturated carbocycles. The molecule has 30 heavy (non-hydrogen) atoms. The Morgan fingerprint density at radius 3 is 2.47 bits per heavy atom. The maximum atomic E-state index is 13.1. The number of rotatable bonds is 4. The van der Waals surface area contributed by atoms with Crippen LogP contribution in [0.1, 0.15) is 61.4 Å². The standard InChI is InChI=1S/C20H25F3N4O3/c1-12-9-10-14(27-24-13(2)17(25-27)19(3,4)29)11-26(12)18(28)15-7-5-6-8-16(15)30-20(21,22)23/h5-8,12,14,29H,9-11H2,1-4H3/t12-,14-/m1/s1. The topological polar surface area (TPSA) is 80.5 Å². The van der Waals surface area contributed by atoms with Gasteiger partial charge in [0.25, 0.3) is 5.91 Å². The van der Waals surface area contributed by atoms with Gasteiger partial charge in [-0.15, -0.1) is 13.2 Å². The minimum absolute atomic E-state index is 0.149. The Labute approximate surface area is 172 Å². The van der Waals surface area contributed by atoms with Gasteiger partial charge >= 0.3 is 6.36 Å². The van der Waals surface area contributed by atoms with E-state index < -0.39 is 23.6 Å². The number of aryl methyl sites for hydroxylation is 1. The first-order valence-corrected chi connectivity index (χ1v) is 9.69. The molecule has 1 aliphatic rings. The summed E-state index contributed by atoms with van der Waals surface area (Å²) < 4.78 is 42.3. The fourth-order valence-electron chi connectivity index (χ4n) is 3.70. The van der Waals surface area contributed by atoms with E-state index in [4.69, 9.17) is 0 Å². The van der Waals surface area contributed by atoms with Crippen LogP contribution in [-0.4, -0.2) is 49.9 Å². The number of para-hydroxylation sites is 1. The molecule has 2 atom stereocenters. The number of piperidine rings is 1. The number of likely N-dealkylation sites (tertiary alicyclic amines) is 1. The van der Waals surface area contributed by atoms with E-state index in [1.54, 1.807) is 20.8 Å². The predicted octanol–water partition coefficient (Wildman–Crippen LogP) is 3.58. The molecule has 2 aromatic rings. The first-order chi connectivity index (χ1) is 13.9. The zero-order chi connectivity index (χ0) is 22.3. The van der Waals surface area contributed by atoms with Gasteiger partial charge in [-0.25, -0.2) is 0 Å². The van der Waals surface area contributed by atoms with Gasteiger partial charge in [0.15, 0.2) is 0 Å². The van der Waals surface area contributed by atoms with Gasteiger partial charge in [-0.3, -0.25) is 4.79 Å². The molecular formula is C20H25F3N4O3. The highest BCUT2D eigenvalue weighted by Gasteiger charge is 2.36. The van der Waals surface area contributed by atoms with E-state index in [1.807, 2.05) is 6.92 Å². The molecule has 0 radical (unpaired) electrons. The number of carbonyl (C=O) groups excluding carboxylic acids is 1. The van der Waals surface area contributed by atoms with Gasteiger partial charge in [-0.05, 0) is 52.7 Å². The van der Waals surface area contributed by atoms with Gasteiger partial charge in [0.1, 0.15) is 17.0 Å². The zero-order valence-corrected chi connectivity index (χ0v) is 17.3. The maximum absolute atomic E-state index is 13.1. The van der Waals surface area contributed by atoms with Crippen molar-refractivity contribution in [3.8, 4) is 5.75 Å². The molecule has 0 spiro atoms. The quantitative estimate of drug-likeness (QED) is 0.808. The van der Waals surface area contributed by atoms with Gasteiger partial charge in [-0.2, -0.15) is 15.0 Å². The molecule has 1 N–H and O–H groups in total. The van der Waals surface area contributed by atoms with Crippen molar-refractivity contribution in [3.63, 3.8) is 0 Å². The third kappa shape index (κ3) is 4.75. The summed E-state index contributed by atoms with van der Waals surface area (Å²) in [5.41, 5.74) is -0.275.